The number of unbranched alkanes of at least 4 members (excludes halogenated alkanes) is 2. The summed E-state index contributed by atoms with van der Waals surface area (Å²) >= 11 is 0. The lowest BCUT2D eigenvalue weighted by atomic mass is 9.45. The first-order valence-electron chi connectivity index (χ1n) is 16.3. The second kappa shape index (κ2) is 11.4. The molecule has 6 unspecified atom stereocenters. The largest absolute Gasteiger partial charge is 0.431 e. The molecule has 2 heterocycles. The fourth-order valence-electron chi connectivity index (χ4n) is 9.70. The van der Waals surface area contributed by atoms with Gasteiger partial charge in [-0.05, 0) is 144 Å². The van der Waals surface area contributed by atoms with Gasteiger partial charge in [0.25, 0.3) is 0 Å². The lowest BCUT2D eigenvalue weighted by Crippen LogP contribution is -2.60. The van der Waals surface area contributed by atoms with Gasteiger partial charge in [-0.25, -0.2) is 4.79 Å². The Hall–Kier alpha value is -1.92. The van der Waals surface area contributed by atoms with E-state index < -0.39 is 5.60 Å². The zero-order valence-corrected chi connectivity index (χ0v) is 24.8. The van der Waals surface area contributed by atoms with Gasteiger partial charge in [0.05, 0.1) is 17.6 Å². The molecule has 6 atom stereocenters. The number of fused-ring (bicyclic) bond motifs is 5. The van der Waals surface area contributed by atoms with Crippen molar-refractivity contribution in [3.05, 3.63) is 46.0 Å². The Morgan fingerprint density at radius 3 is 2.65 bits per heavy atom. The van der Waals surface area contributed by atoms with E-state index in [4.69, 9.17) is 9.25 Å². The molecule has 0 aromatic carbocycles. The molecule has 220 valence electrons. The molecule has 4 fully saturated rings. The monoisotopic (exact) mass is 550 g/mol. The molecule has 3 saturated carbocycles. The summed E-state index contributed by atoms with van der Waals surface area (Å²) in [5, 5.41) is 17.0. The normalized spacial score (nSPS) is 38.8. The summed E-state index contributed by atoms with van der Waals surface area (Å²) in [4.78, 5) is 20.0. The summed E-state index contributed by atoms with van der Waals surface area (Å²) in [6, 6.07) is 3.45. The molecule has 1 saturated heterocycles. The topological polar surface area (TPSA) is 75.3 Å². The van der Waals surface area contributed by atoms with Crippen molar-refractivity contribution in [3.63, 3.8) is 0 Å². The lowest BCUT2D eigenvalue weighted by Gasteiger charge is -2.61. The third kappa shape index (κ3) is 5.02. The van der Waals surface area contributed by atoms with Gasteiger partial charge in [-0.1, -0.05) is 31.0 Å². The van der Waals surface area contributed by atoms with Crippen LogP contribution in [-0.4, -0.2) is 47.6 Å². The molecule has 5 aliphatic rings. The molecule has 6 nitrogen and oxygen atoms in total. The summed E-state index contributed by atoms with van der Waals surface area (Å²) in [5.74, 6) is 1.05. The van der Waals surface area contributed by atoms with Crippen molar-refractivity contribution in [2.75, 3.05) is 26.2 Å². The van der Waals surface area contributed by atoms with Gasteiger partial charge in [0.2, 0.25) is 0 Å². The molecule has 40 heavy (non-hydrogen) atoms. The van der Waals surface area contributed by atoms with E-state index in [1.165, 1.54) is 63.4 Å². The standard InChI is InChI=1S/C34H50N2O4/c1-32-16-13-27(35-40-22-8-4-7-21-36-19-5-3-6-20-36)23-26(32)10-11-30-29(32)14-17-33(2)28(15-18-34(30,33)38)25-9-12-31(37)39-24-25/h9,12,23-24,28-30,38H,3-8,10-11,13-22H2,1-2H3/b35-27+. The number of allylic oxidation sites excluding steroid dienone is 2. The second-order valence-electron chi connectivity index (χ2n) is 14.1. The van der Waals surface area contributed by atoms with Gasteiger partial charge >= 0.3 is 5.63 Å². The van der Waals surface area contributed by atoms with Crippen molar-refractivity contribution in [2.45, 2.75) is 115 Å². The van der Waals surface area contributed by atoms with Crippen molar-refractivity contribution in [1.82, 2.24) is 4.90 Å². The number of hydrogen-bond acceptors (Lipinski definition) is 6. The molecule has 0 radical (unpaired) electrons. The number of aliphatic hydroxyl groups is 1. The molecule has 0 bridgehead atoms. The molecule has 0 spiro atoms. The smallest absolute Gasteiger partial charge is 0.335 e. The van der Waals surface area contributed by atoms with Crippen LogP contribution >= 0.6 is 0 Å². The van der Waals surface area contributed by atoms with Crippen molar-refractivity contribution in [2.24, 2.45) is 27.8 Å². The van der Waals surface area contributed by atoms with Crippen LogP contribution in [0.25, 0.3) is 0 Å². The van der Waals surface area contributed by atoms with Gasteiger partial charge in [-0.15, -0.1) is 0 Å². The highest BCUT2D eigenvalue weighted by molar-refractivity contribution is 5.96. The SMILES string of the molecule is CC12CC/C(=N\OCCCCCN3CCCCC3)C=C1CCC1C2CCC2(C)C(c3ccc(=O)oc3)CCC12O. The molecule has 4 aliphatic carbocycles. The first-order valence-corrected chi connectivity index (χ1v) is 16.3. The van der Waals surface area contributed by atoms with Crippen LogP contribution in [0, 0.1) is 22.7 Å². The predicted molar refractivity (Wildman–Crippen MR) is 158 cm³/mol. The minimum Gasteiger partial charge on any atom is -0.431 e. The van der Waals surface area contributed by atoms with Gasteiger partial charge < -0.3 is 19.3 Å². The molecule has 1 aliphatic heterocycles. The number of nitrogens with zero attached hydrogens (tertiary/aromatic N) is 2. The minimum absolute atomic E-state index is 0.130. The van der Waals surface area contributed by atoms with Crippen molar-refractivity contribution in [3.8, 4) is 0 Å². The van der Waals surface area contributed by atoms with Gasteiger partial charge in [-0.2, -0.15) is 0 Å². The Morgan fingerprint density at radius 2 is 1.85 bits per heavy atom. The maximum atomic E-state index is 12.4. The summed E-state index contributed by atoms with van der Waals surface area (Å²) in [6.07, 6.45) is 19.8. The van der Waals surface area contributed by atoms with E-state index in [9.17, 15) is 9.90 Å². The maximum Gasteiger partial charge on any atom is 0.335 e. The van der Waals surface area contributed by atoms with Crippen LogP contribution in [0.3, 0.4) is 0 Å². The maximum absolute atomic E-state index is 12.4. The zero-order valence-electron chi connectivity index (χ0n) is 24.8. The predicted octanol–water partition coefficient (Wildman–Crippen LogP) is 6.83. The van der Waals surface area contributed by atoms with Gasteiger partial charge in [0, 0.05) is 11.5 Å². The Kier molecular flexibility index (Phi) is 8.04. The Bertz CT molecular complexity index is 1150. The van der Waals surface area contributed by atoms with E-state index in [2.05, 4.69) is 30.0 Å². The molecule has 6 heteroatoms. The first-order chi connectivity index (χ1) is 19.3. The third-order valence-electron chi connectivity index (χ3n) is 12.1. The molecular formula is C34H50N2O4. The van der Waals surface area contributed by atoms with E-state index in [0.29, 0.717) is 18.4 Å². The Balaban J connectivity index is 1.06. The summed E-state index contributed by atoms with van der Waals surface area (Å²) in [5.41, 5.74) is 2.66. The van der Waals surface area contributed by atoms with E-state index in [1.807, 2.05) is 6.07 Å². The summed E-state index contributed by atoms with van der Waals surface area (Å²) in [7, 11) is 0. The van der Waals surface area contributed by atoms with Crippen LogP contribution in [0.2, 0.25) is 0 Å². The summed E-state index contributed by atoms with van der Waals surface area (Å²) < 4.78 is 5.24. The molecule has 1 N–H and O–H groups in total. The zero-order chi connectivity index (χ0) is 27.8. The number of piperidine rings is 1. The average Bonchev–Trinajstić information content (AvgIpc) is 3.24. The Labute approximate surface area is 240 Å². The highest BCUT2D eigenvalue weighted by Crippen LogP contribution is 2.69. The number of oxime groups is 1. The molecular weight excluding hydrogens is 500 g/mol. The Morgan fingerprint density at radius 1 is 1.00 bits per heavy atom. The van der Waals surface area contributed by atoms with Crippen LogP contribution in [0.15, 0.2) is 44.4 Å². The van der Waals surface area contributed by atoms with Crippen LogP contribution in [0.4, 0.5) is 0 Å². The fourth-order valence-corrected chi connectivity index (χ4v) is 9.70. The van der Waals surface area contributed by atoms with Crippen molar-refractivity contribution < 1.29 is 14.4 Å². The third-order valence-corrected chi connectivity index (χ3v) is 12.1. The highest BCUT2D eigenvalue weighted by Gasteiger charge is 2.66. The van der Waals surface area contributed by atoms with E-state index in [-0.39, 0.29) is 22.4 Å². The quantitative estimate of drug-likeness (QED) is 0.284. The average molecular weight is 551 g/mol. The van der Waals surface area contributed by atoms with Crippen molar-refractivity contribution in [1.29, 1.82) is 0 Å². The summed E-state index contributed by atoms with van der Waals surface area (Å²) in [6.45, 7) is 9.28. The van der Waals surface area contributed by atoms with Gasteiger partial charge in [0.1, 0.15) is 6.61 Å². The first kappa shape index (κ1) is 28.2. The van der Waals surface area contributed by atoms with E-state index >= 15 is 0 Å². The van der Waals surface area contributed by atoms with E-state index in [0.717, 1.165) is 69.1 Å². The van der Waals surface area contributed by atoms with Crippen LogP contribution in [-0.2, 0) is 4.84 Å². The molecule has 0 amide bonds. The van der Waals surface area contributed by atoms with Crippen LogP contribution in [0.1, 0.15) is 115 Å². The van der Waals surface area contributed by atoms with Crippen LogP contribution in [0.5, 0.6) is 0 Å². The second-order valence-corrected chi connectivity index (χ2v) is 14.1. The molecule has 1 aromatic heterocycles. The minimum atomic E-state index is -0.670. The van der Waals surface area contributed by atoms with Gasteiger partial charge in [-0.3, -0.25) is 0 Å². The van der Waals surface area contributed by atoms with Crippen LogP contribution < -0.4 is 5.63 Å². The molecule has 1 aromatic rings. The number of rotatable bonds is 8. The highest BCUT2D eigenvalue weighted by atomic mass is 16.6. The fraction of sp³-hybridized carbons (Fsp3) is 0.765. The number of hydrogen-bond donors (Lipinski definition) is 1. The number of likely N-dealkylation sites (tertiary alicyclic amines) is 1. The van der Waals surface area contributed by atoms with Crippen molar-refractivity contribution >= 4 is 5.71 Å². The van der Waals surface area contributed by atoms with E-state index in [1.54, 1.807) is 6.26 Å². The van der Waals surface area contributed by atoms with Gasteiger partial charge in [0.15, 0.2) is 0 Å². The molecule has 6 rings (SSSR count). The lowest BCUT2D eigenvalue weighted by molar-refractivity contribution is -0.176.